The molecule has 0 bridgehead atoms. The van der Waals surface area contributed by atoms with Gasteiger partial charge in [0.2, 0.25) is 17.7 Å². The van der Waals surface area contributed by atoms with Crippen LogP contribution in [0, 0.1) is 0 Å². The van der Waals surface area contributed by atoms with E-state index in [-0.39, 0.29) is 42.8 Å². The molecule has 2 fully saturated rings. The van der Waals surface area contributed by atoms with Crippen molar-refractivity contribution >= 4 is 17.7 Å². The molecular weight excluding hydrogens is 272 g/mol. The van der Waals surface area contributed by atoms with Crippen molar-refractivity contribution in [2.75, 3.05) is 26.2 Å². The van der Waals surface area contributed by atoms with Crippen LogP contribution in [0.4, 0.5) is 0 Å². The van der Waals surface area contributed by atoms with Crippen LogP contribution in [0.1, 0.15) is 32.6 Å². The Kier molecular flexibility index (Phi) is 5.30. The van der Waals surface area contributed by atoms with Gasteiger partial charge in [0.05, 0.1) is 19.0 Å². The van der Waals surface area contributed by atoms with Gasteiger partial charge in [-0.3, -0.25) is 24.2 Å². The minimum Gasteiger partial charge on any atom is -0.369 e. The second-order valence-electron chi connectivity index (χ2n) is 5.82. The van der Waals surface area contributed by atoms with Crippen LogP contribution < -0.4 is 11.1 Å². The molecule has 1 atom stereocenters. The van der Waals surface area contributed by atoms with E-state index in [2.05, 4.69) is 5.32 Å². The number of piperidine rings is 1. The first kappa shape index (κ1) is 15.9. The fraction of sp³-hybridized carbons (Fsp3) is 0.786. The monoisotopic (exact) mass is 296 g/mol. The molecule has 3 N–H and O–H groups in total. The van der Waals surface area contributed by atoms with Crippen LogP contribution in [0.5, 0.6) is 0 Å². The maximum absolute atomic E-state index is 12.2. The summed E-state index contributed by atoms with van der Waals surface area (Å²) in [7, 11) is 0. The predicted octanol–water partition coefficient (Wildman–Crippen LogP) is -0.937. The molecule has 2 aliphatic heterocycles. The maximum Gasteiger partial charge on any atom is 0.246 e. The topological polar surface area (TPSA) is 95.7 Å². The van der Waals surface area contributed by atoms with E-state index >= 15 is 0 Å². The summed E-state index contributed by atoms with van der Waals surface area (Å²) in [5.41, 5.74) is 5.18. The molecule has 1 unspecified atom stereocenters. The summed E-state index contributed by atoms with van der Waals surface area (Å²) in [6, 6.07) is -0.158. The van der Waals surface area contributed by atoms with Crippen LogP contribution in [-0.2, 0) is 14.4 Å². The summed E-state index contributed by atoms with van der Waals surface area (Å²) < 4.78 is 0. The smallest absolute Gasteiger partial charge is 0.246 e. The Labute approximate surface area is 124 Å². The van der Waals surface area contributed by atoms with E-state index in [1.165, 1.54) is 4.90 Å². The number of nitrogens with two attached hydrogens (primary N) is 1. The molecule has 0 spiro atoms. The molecule has 2 rings (SSSR count). The fourth-order valence-electron chi connectivity index (χ4n) is 3.03. The van der Waals surface area contributed by atoms with Crippen molar-refractivity contribution in [1.29, 1.82) is 0 Å². The quantitative estimate of drug-likeness (QED) is 0.617. The summed E-state index contributed by atoms with van der Waals surface area (Å²) in [6.45, 7) is 4.32. The van der Waals surface area contributed by atoms with Crippen molar-refractivity contribution in [3.8, 4) is 0 Å². The SMILES string of the molecule is CCCN1C(=O)CC(NC2CCN(CC(N)=O)CC2)C1=O. The van der Waals surface area contributed by atoms with Crippen LogP contribution in [0.15, 0.2) is 0 Å². The fourth-order valence-corrected chi connectivity index (χ4v) is 3.03. The third-order valence-corrected chi connectivity index (χ3v) is 4.10. The molecule has 0 radical (unpaired) electrons. The summed E-state index contributed by atoms with van der Waals surface area (Å²) in [6.07, 6.45) is 2.77. The largest absolute Gasteiger partial charge is 0.369 e. The van der Waals surface area contributed by atoms with Crippen molar-refractivity contribution < 1.29 is 14.4 Å². The molecule has 0 saturated carbocycles. The van der Waals surface area contributed by atoms with Gasteiger partial charge in [-0.05, 0) is 19.3 Å². The van der Waals surface area contributed by atoms with Gasteiger partial charge in [0, 0.05) is 25.7 Å². The Morgan fingerprint density at radius 2 is 2.00 bits per heavy atom. The first-order valence-corrected chi connectivity index (χ1v) is 7.62. The average Bonchev–Trinajstić information content (AvgIpc) is 2.69. The molecule has 2 heterocycles. The van der Waals surface area contributed by atoms with E-state index < -0.39 is 0 Å². The number of imide groups is 1. The third kappa shape index (κ3) is 4.01. The molecule has 0 aromatic carbocycles. The van der Waals surface area contributed by atoms with E-state index in [1.54, 1.807) is 0 Å². The Morgan fingerprint density at radius 3 is 2.57 bits per heavy atom. The van der Waals surface area contributed by atoms with Gasteiger partial charge in [-0.2, -0.15) is 0 Å². The van der Waals surface area contributed by atoms with Gasteiger partial charge in [0.1, 0.15) is 0 Å². The standard InChI is InChI=1S/C14H24N4O3/c1-2-5-18-13(20)8-11(14(18)21)16-10-3-6-17(7-4-10)9-12(15)19/h10-11,16H,2-9H2,1H3,(H2,15,19). The van der Waals surface area contributed by atoms with Gasteiger partial charge < -0.3 is 11.1 Å². The highest BCUT2D eigenvalue weighted by atomic mass is 16.2. The number of primary amides is 1. The minimum atomic E-state index is -0.378. The number of likely N-dealkylation sites (tertiary alicyclic amines) is 2. The molecule has 0 aromatic heterocycles. The lowest BCUT2D eigenvalue weighted by Gasteiger charge is -2.32. The number of hydrogen-bond acceptors (Lipinski definition) is 5. The minimum absolute atomic E-state index is 0.0782. The number of amides is 3. The van der Waals surface area contributed by atoms with Crippen molar-refractivity contribution in [3.05, 3.63) is 0 Å². The number of hydrogen-bond donors (Lipinski definition) is 2. The summed E-state index contributed by atoms with van der Waals surface area (Å²) in [5, 5.41) is 3.31. The number of nitrogens with one attached hydrogen (secondary N) is 1. The zero-order valence-electron chi connectivity index (χ0n) is 12.5. The zero-order chi connectivity index (χ0) is 15.4. The highest BCUT2D eigenvalue weighted by molar-refractivity contribution is 6.05. The van der Waals surface area contributed by atoms with Crippen molar-refractivity contribution in [2.24, 2.45) is 5.73 Å². The normalized spacial score (nSPS) is 24.8. The Balaban J connectivity index is 1.80. The van der Waals surface area contributed by atoms with Crippen LogP contribution in [0.25, 0.3) is 0 Å². The van der Waals surface area contributed by atoms with Crippen LogP contribution in [-0.4, -0.2) is 65.8 Å². The maximum atomic E-state index is 12.2. The lowest BCUT2D eigenvalue weighted by molar-refractivity contribution is -0.138. The molecule has 7 heteroatoms. The highest BCUT2D eigenvalue weighted by Crippen LogP contribution is 2.17. The highest BCUT2D eigenvalue weighted by Gasteiger charge is 2.39. The molecule has 0 aromatic rings. The molecule has 2 aliphatic rings. The number of carbonyl (C=O) groups is 3. The van der Waals surface area contributed by atoms with Crippen molar-refractivity contribution in [1.82, 2.24) is 15.1 Å². The van der Waals surface area contributed by atoms with E-state index in [9.17, 15) is 14.4 Å². The molecule has 2 saturated heterocycles. The molecule has 3 amide bonds. The van der Waals surface area contributed by atoms with E-state index in [4.69, 9.17) is 5.73 Å². The van der Waals surface area contributed by atoms with Crippen molar-refractivity contribution in [3.63, 3.8) is 0 Å². The van der Waals surface area contributed by atoms with Gasteiger partial charge in [-0.25, -0.2) is 0 Å². The average molecular weight is 296 g/mol. The van der Waals surface area contributed by atoms with E-state index in [1.807, 2.05) is 11.8 Å². The van der Waals surface area contributed by atoms with Gasteiger partial charge in [0.25, 0.3) is 0 Å². The zero-order valence-corrected chi connectivity index (χ0v) is 12.5. The van der Waals surface area contributed by atoms with Crippen LogP contribution >= 0.6 is 0 Å². The first-order valence-electron chi connectivity index (χ1n) is 7.62. The molecule has 118 valence electrons. The molecule has 0 aliphatic carbocycles. The van der Waals surface area contributed by atoms with Gasteiger partial charge in [-0.15, -0.1) is 0 Å². The second kappa shape index (κ2) is 7.00. The lowest BCUT2D eigenvalue weighted by Crippen LogP contribution is -2.49. The predicted molar refractivity (Wildman–Crippen MR) is 77.2 cm³/mol. The van der Waals surface area contributed by atoms with E-state index in [0.29, 0.717) is 6.54 Å². The van der Waals surface area contributed by atoms with Gasteiger partial charge >= 0.3 is 0 Å². The summed E-state index contributed by atoms with van der Waals surface area (Å²) in [5.74, 6) is -0.486. The molecule has 7 nitrogen and oxygen atoms in total. The van der Waals surface area contributed by atoms with Crippen molar-refractivity contribution in [2.45, 2.75) is 44.7 Å². The third-order valence-electron chi connectivity index (χ3n) is 4.10. The Bertz CT molecular complexity index is 418. The lowest BCUT2D eigenvalue weighted by atomic mass is 10.0. The Hall–Kier alpha value is -1.47. The van der Waals surface area contributed by atoms with Crippen LogP contribution in [0.3, 0.4) is 0 Å². The molecule has 21 heavy (non-hydrogen) atoms. The van der Waals surface area contributed by atoms with Gasteiger partial charge in [-0.1, -0.05) is 6.92 Å². The van der Waals surface area contributed by atoms with Gasteiger partial charge in [0.15, 0.2) is 0 Å². The summed E-state index contributed by atoms with van der Waals surface area (Å²) >= 11 is 0. The number of rotatable bonds is 6. The second-order valence-corrected chi connectivity index (χ2v) is 5.82. The Morgan fingerprint density at radius 1 is 1.33 bits per heavy atom. The molecular formula is C14H24N4O3. The number of nitrogens with zero attached hydrogens (tertiary/aromatic N) is 2. The van der Waals surface area contributed by atoms with Crippen LogP contribution in [0.2, 0.25) is 0 Å². The summed E-state index contributed by atoms with van der Waals surface area (Å²) in [4.78, 5) is 38.2. The first-order chi connectivity index (χ1) is 10.0. The number of carbonyl (C=O) groups excluding carboxylic acids is 3. The van der Waals surface area contributed by atoms with E-state index in [0.717, 1.165) is 32.4 Å².